The fourth-order valence-electron chi connectivity index (χ4n) is 0.761. The summed E-state index contributed by atoms with van der Waals surface area (Å²) in [5, 5.41) is 8.35. The van der Waals surface area contributed by atoms with Crippen molar-refractivity contribution in [1.29, 1.82) is 0 Å². The average Bonchev–Trinajstić information content (AvgIpc) is 2.08. The van der Waals surface area contributed by atoms with Gasteiger partial charge in [-0.15, -0.1) is 0 Å². The number of aliphatic hydroxyl groups is 1. The van der Waals surface area contributed by atoms with Crippen molar-refractivity contribution in [2.24, 2.45) is 0 Å². The highest BCUT2D eigenvalue weighted by molar-refractivity contribution is 6.31. The normalized spacial score (nSPS) is 9.92. The minimum absolute atomic E-state index is 0.116. The standard InChI is InChI=1S/C8H6ClFO2/c9-6-3-5(8(12)4-11)1-2-7(6)10/h1-3,11H,4H2. The van der Waals surface area contributed by atoms with E-state index >= 15 is 0 Å². The Morgan fingerprint density at radius 2 is 2.25 bits per heavy atom. The molecule has 0 fully saturated rings. The Morgan fingerprint density at radius 1 is 1.58 bits per heavy atom. The summed E-state index contributed by atoms with van der Waals surface area (Å²) in [6, 6.07) is 3.56. The molecule has 0 saturated carbocycles. The van der Waals surface area contributed by atoms with Gasteiger partial charge in [0.15, 0.2) is 5.78 Å². The number of aliphatic hydroxyl groups excluding tert-OH is 1. The van der Waals surface area contributed by atoms with Gasteiger partial charge in [-0.25, -0.2) is 4.39 Å². The highest BCUT2D eigenvalue weighted by atomic mass is 35.5. The zero-order valence-electron chi connectivity index (χ0n) is 6.05. The molecule has 0 amide bonds. The number of carbonyl (C=O) groups is 1. The number of carbonyl (C=O) groups excluding carboxylic acids is 1. The van der Waals surface area contributed by atoms with Gasteiger partial charge in [-0.2, -0.15) is 0 Å². The molecule has 0 aliphatic rings. The fourth-order valence-corrected chi connectivity index (χ4v) is 0.941. The number of hydrogen-bond acceptors (Lipinski definition) is 2. The molecule has 1 N–H and O–H groups in total. The van der Waals surface area contributed by atoms with Crippen molar-refractivity contribution >= 4 is 17.4 Å². The molecule has 1 rings (SSSR count). The van der Waals surface area contributed by atoms with E-state index < -0.39 is 18.2 Å². The zero-order chi connectivity index (χ0) is 9.14. The third-order valence-electron chi connectivity index (χ3n) is 1.39. The van der Waals surface area contributed by atoms with Crippen LogP contribution in [0.3, 0.4) is 0 Å². The van der Waals surface area contributed by atoms with Crippen LogP contribution in [0.1, 0.15) is 10.4 Å². The number of halogens is 2. The van der Waals surface area contributed by atoms with Crippen LogP contribution in [0.5, 0.6) is 0 Å². The minimum atomic E-state index is -0.595. The molecule has 0 aromatic heterocycles. The summed E-state index contributed by atoms with van der Waals surface area (Å²) < 4.78 is 12.6. The molecule has 0 aliphatic heterocycles. The summed E-state index contributed by atoms with van der Waals surface area (Å²) in [5.41, 5.74) is 0.212. The molecule has 0 heterocycles. The molecule has 0 bridgehead atoms. The Labute approximate surface area is 73.6 Å². The van der Waals surface area contributed by atoms with Gasteiger partial charge in [-0.3, -0.25) is 4.79 Å². The van der Waals surface area contributed by atoms with E-state index in [4.69, 9.17) is 16.7 Å². The molecule has 2 nitrogen and oxygen atoms in total. The smallest absolute Gasteiger partial charge is 0.188 e. The molecule has 0 atom stereocenters. The SMILES string of the molecule is O=C(CO)c1ccc(F)c(Cl)c1. The summed E-state index contributed by atoms with van der Waals surface area (Å²) in [5.74, 6) is -1.05. The van der Waals surface area contributed by atoms with E-state index in [2.05, 4.69) is 0 Å². The summed E-state index contributed by atoms with van der Waals surface area (Å²) in [4.78, 5) is 10.8. The highest BCUT2D eigenvalue weighted by Gasteiger charge is 2.06. The molecule has 4 heteroatoms. The largest absolute Gasteiger partial charge is 0.388 e. The summed E-state index contributed by atoms with van der Waals surface area (Å²) in [6.45, 7) is -0.595. The quantitative estimate of drug-likeness (QED) is 0.717. The Morgan fingerprint density at radius 3 is 2.75 bits per heavy atom. The van der Waals surface area contributed by atoms with Crippen LogP contribution >= 0.6 is 11.6 Å². The lowest BCUT2D eigenvalue weighted by Crippen LogP contribution is -2.04. The van der Waals surface area contributed by atoms with Crippen LogP contribution in [-0.2, 0) is 0 Å². The van der Waals surface area contributed by atoms with Gasteiger partial charge in [0.1, 0.15) is 12.4 Å². The molecular weight excluding hydrogens is 183 g/mol. The second-order valence-corrected chi connectivity index (χ2v) is 2.62. The maximum absolute atomic E-state index is 12.6. The second-order valence-electron chi connectivity index (χ2n) is 2.21. The van der Waals surface area contributed by atoms with Gasteiger partial charge < -0.3 is 5.11 Å². The maximum atomic E-state index is 12.6. The van der Waals surface area contributed by atoms with Crippen LogP contribution in [-0.4, -0.2) is 17.5 Å². The lowest BCUT2D eigenvalue weighted by molar-refractivity contribution is 0.0903. The number of hydrogen-bond donors (Lipinski definition) is 1. The van der Waals surface area contributed by atoms with Crippen LogP contribution in [0.4, 0.5) is 4.39 Å². The van der Waals surface area contributed by atoms with Crippen LogP contribution < -0.4 is 0 Å². The Bertz CT molecular complexity index is 312. The Balaban J connectivity index is 3.05. The Hall–Kier alpha value is -0.930. The fraction of sp³-hybridized carbons (Fsp3) is 0.125. The van der Waals surface area contributed by atoms with Gasteiger partial charge >= 0.3 is 0 Å². The molecule has 0 unspecified atom stereocenters. The monoisotopic (exact) mass is 188 g/mol. The van der Waals surface area contributed by atoms with E-state index in [-0.39, 0.29) is 10.6 Å². The first kappa shape index (κ1) is 9.16. The van der Waals surface area contributed by atoms with Gasteiger partial charge in [-0.1, -0.05) is 11.6 Å². The molecule has 0 radical (unpaired) electrons. The molecule has 0 spiro atoms. The predicted octanol–water partition coefficient (Wildman–Crippen LogP) is 1.65. The van der Waals surface area contributed by atoms with Crippen molar-refractivity contribution in [3.63, 3.8) is 0 Å². The zero-order valence-corrected chi connectivity index (χ0v) is 6.81. The maximum Gasteiger partial charge on any atom is 0.188 e. The molecule has 0 aliphatic carbocycles. The van der Waals surface area contributed by atoms with E-state index in [1.807, 2.05) is 0 Å². The van der Waals surface area contributed by atoms with Gasteiger partial charge in [0, 0.05) is 5.56 Å². The summed E-state index contributed by atoms with van der Waals surface area (Å²) in [7, 11) is 0. The number of benzene rings is 1. The van der Waals surface area contributed by atoms with Crippen molar-refractivity contribution in [3.05, 3.63) is 34.6 Å². The van der Waals surface area contributed by atoms with E-state index in [9.17, 15) is 9.18 Å². The van der Waals surface area contributed by atoms with Gasteiger partial charge in [0.05, 0.1) is 5.02 Å². The third kappa shape index (κ3) is 1.81. The topological polar surface area (TPSA) is 37.3 Å². The molecule has 64 valence electrons. The first-order valence-electron chi connectivity index (χ1n) is 3.24. The van der Waals surface area contributed by atoms with Gasteiger partial charge in [-0.05, 0) is 18.2 Å². The van der Waals surface area contributed by atoms with Crippen LogP contribution in [0.15, 0.2) is 18.2 Å². The van der Waals surface area contributed by atoms with E-state index in [1.165, 1.54) is 12.1 Å². The summed E-state index contributed by atoms with van der Waals surface area (Å²) >= 11 is 5.41. The number of ketones is 1. The number of Topliss-reactive ketones (excluding diaryl/α,β-unsaturated/α-hetero) is 1. The average molecular weight is 189 g/mol. The first-order valence-corrected chi connectivity index (χ1v) is 3.62. The van der Waals surface area contributed by atoms with Crippen molar-refractivity contribution in [2.45, 2.75) is 0 Å². The van der Waals surface area contributed by atoms with E-state index in [0.717, 1.165) is 6.07 Å². The van der Waals surface area contributed by atoms with Crippen molar-refractivity contribution in [2.75, 3.05) is 6.61 Å². The van der Waals surface area contributed by atoms with Crippen molar-refractivity contribution in [3.8, 4) is 0 Å². The lowest BCUT2D eigenvalue weighted by atomic mass is 10.1. The summed E-state index contributed by atoms with van der Waals surface area (Å²) in [6.07, 6.45) is 0. The predicted molar refractivity (Wildman–Crippen MR) is 42.8 cm³/mol. The third-order valence-corrected chi connectivity index (χ3v) is 1.67. The van der Waals surface area contributed by atoms with Crippen molar-refractivity contribution in [1.82, 2.24) is 0 Å². The van der Waals surface area contributed by atoms with Crippen LogP contribution in [0.25, 0.3) is 0 Å². The lowest BCUT2D eigenvalue weighted by Gasteiger charge is -1.98. The Kier molecular flexibility index (Phi) is 2.78. The highest BCUT2D eigenvalue weighted by Crippen LogP contribution is 2.15. The van der Waals surface area contributed by atoms with E-state index in [1.54, 1.807) is 0 Å². The molecule has 12 heavy (non-hydrogen) atoms. The van der Waals surface area contributed by atoms with Crippen LogP contribution in [0, 0.1) is 5.82 Å². The second kappa shape index (κ2) is 3.65. The molecule has 0 saturated heterocycles. The first-order chi connectivity index (χ1) is 5.65. The van der Waals surface area contributed by atoms with Crippen LogP contribution in [0.2, 0.25) is 5.02 Å². The molecule has 1 aromatic rings. The minimum Gasteiger partial charge on any atom is -0.388 e. The molecular formula is C8H6ClFO2. The number of rotatable bonds is 2. The van der Waals surface area contributed by atoms with Gasteiger partial charge in [0.2, 0.25) is 0 Å². The van der Waals surface area contributed by atoms with Crippen molar-refractivity contribution < 1.29 is 14.3 Å². The molecule has 1 aromatic carbocycles. The van der Waals surface area contributed by atoms with E-state index in [0.29, 0.717) is 0 Å². The van der Waals surface area contributed by atoms with Gasteiger partial charge in [0.25, 0.3) is 0 Å².